The van der Waals surface area contributed by atoms with E-state index in [1.165, 1.54) is 12.8 Å². The molecule has 1 unspecified atom stereocenters. The lowest BCUT2D eigenvalue weighted by atomic mass is 10.1. The Balaban J connectivity index is 1.60. The minimum atomic E-state index is 0.145. The predicted octanol–water partition coefficient (Wildman–Crippen LogP) is 3.46. The zero-order chi connectivity index (χ0) is 14.1. The summed E-state index contributed by atoms with van der Waals surface area (Å²) in [5.74, 6) is 1.67. The van der Waals surface area contributed by atoms with E-state index in [9.17, 15) is 4.79 Å². The van der Waals surface area contributed by atoms with Crippen LogP contribution in [0.3, 0.4) is 0 Å². The molecule has 1 aromatic rings. The van der Waals surface area contributed by atoms with Crippen molar-refractivity contribution >= 4 is 28.5 Å². The van der Waals surface area contributed by atoms with Crippen molar-refractivity contribution in [1.82, 2.24) is 4.90 Å². The molecular formula is C16H20INO2. The van der Waals surface area contributed by atoms with Crippen LogP contribution < -0.4 is 4.74 Å². The van der Waals surface area contributed by atoms with Crippen molar-refractivity contribution < 1.29 is 9.53 Å². The summed E-state index contributed by atoms with van der Waals surface area (Å²) in [5.41, 5.74) is 0. The molecule has 3 rings (SSSR count). The SMILES string of the molecule is CC(C1CC1)N(C(=O)COc1ccccc1I)C1CC1. The van der Waals surface area contributed by atoms with Gasteiger partial charge >= 0.3 is 0 Å². The number of hydrogen-bond acceptors (Lipinski definition) is 2. The van der Waals surface area contributed by atoms with Crippen LogP contribution in [0.4, 0.5) is 0 Å². The average molecular weight is 385 g/mol. The summed E-state index contributed by atoms with van der Waals surface area (Å²) in [6.45, 7) is 2.35. The fourth-order valence-corrected chi connectivity index (χ4v) is 3.24. The predicted molar refractivity (Wildman–Crippen MR) is 86.7 cm³/mol. The maximum Gasteiger partial charge on any atom is 0.261 e. The summed E-state index contributed by atoms with van der Waals surface area (Å²) < 4.78 is 6.76. The number of carbonyl (C=O) groups excluding carboxylic acids is 1. The van der Waals surface area contributed by atoms with E-state index in [0.717, 1.165) is 28.1 Å². The second kappa shape index (κ2) is 5.92. The molecule has 2 aliphatic carbocycles. The van der Waals surface area contributed by atoms with Crippen molar-refractivity contribution in [2.75, 3.05) is 6.61 Å². The Morgan fingerprint density at radius 3 is 2.65 bits per heavy atom. The van der Waals surface area contributed by atoms with Crippen LogP contribution in [0.15, 0.2) is 24.3 Å². The van der Waals surface area contributed by atoms with Crippen molar-refractivity contribution in [3.63, 3.8) is 0 Å². The first-order valence-electron chi connectivity index (χ1n) is 7.35. The number of rotatable bonds is 6. The largest absolute Gasteiger partial charge is 0.483 e. The summed E-state index contributed by atoms with van der Waals surface area (Å²) in [7, 11) is 0. The Kier molecular flexibility index (Phi) is 4.19. The second-order valence-corrected chi connectivity index (χ2v) is 6.99. The number of halogens is 1. The van der Waals surface area contributed by atoms with Gasteiger partial charge < -0.3 is 9.64 Å². The van der Waals surface area contributed by atoms with E-state index in [0.29, 0.717) is 12.1 Å². The minimum absolute atomic E-state index is 0.145. The molecule has 3 nitrogen and oxygen atoms in total. The molecule has 0 spiro atoms. The van der Waals surface area contributed by atoms with Crippen LogP contribution in [0.2, 0.25) is 0 Å². The van der Waals surface area contributed by atoms with Crippen LogP contribution in [-0.4, -0.2) is 29.5 Å². The van der Waals surface area contributed by atoms with Crippen LogP contribution >= 0.6 is 22.6 Å². The molecule has 1 atom stereocenters. The van der Waals surface area contributed by atoms with Gasteiger partial charge in [0.1, 0.15) is 5.75 Å². The summed E-state index contributed by atoms with van der Waals surface area (Å²) in [4.78, 5) is 14.6. The molecule has 1 amide bonds. The van der Waals surface area contributed by atoms with E-state index in [4.69, 9.17) is 4.74 Å². The molecule has 0 N–H and O–H groups in total. The number of para-hydroxylation sites is 1. The first-order valence-corrected chi connectivity index (χ1v) is 8.43. The fraction of sp³-hybridized carbons (Fsp3) is 0.562. The molecular weight excluding hydrogens is 365 g/mol. The minimum Gasteiger partial charge on any atom is -0.483 e. The van der Waals surface area contributed by atoms with E-state index in [1.807, 2.05) is 24.3 Å². The maximum absolute atomic E-state index is 12.5. The summed E-state index contributed by atoms with van der Waals surface area (Å²) in [6, 6.07) is 8.67. The third-order valence-electron chi connectivity index (χ3n) is 4.16. The van der Waals surface area contributed by atoms with Crippen LogP contribution in [0.5, 0.6) is 5.75 Å². The van der Waals surface area contributed by atoms with Gasteiger partial charge in [-0.2, -0.15) is 0 Å². The quantitative estimate of drug-likeness (QED) is 0.702. The molecule has 0 saturated heterocycles. The number of nitrogens with zero attached hydrogens (tertiary/aromatic N) is 1. The first kappa shape index (κ1) is 14.2. The van der Waals surface area contributed by atoms with Crippen molar-refractivity contribution in [2.45, 2.75) is 44.7 Å². The fourth-order valence-electron chi connectivity index (χ4n) is 2.70. The summed E-state index contributed by atoms with van der Waals surface area (Å²) in [6.07, 6.45) is 4.86. The van der Waals surface area contributed by atoms with Gasteiger partial charge in [0.15, 0.2) is 6.61 Å². The molecule has 2 saturated carbocycles. The van der Waals surface area contributed by atoms with Gasteiger partial charge in [0.25, 0.3) is 5.91 Å². The molecule has 0 aliphatic heterocycles. The molecule has 2 aliphatic rings. The molecule has 0 heterocycles. The van der Waals surface area contributed by atoms with Crippen LogP contribution in [0.25, 0.3) is 0 Å². The van der Waals surface area contributed by atoms with Gasteiger partial charge in [-0.1, -0.05) is 12.1 Å². The van der Waals surface area contributed by atoms with Gasteiger partial charge in [0.2, 0.25) is 0 Å². The highest BCUT2D eigenvalue weighted by molar-refractivity contribution is 14.1. The zero-order valence-corrected chi connectivity index (χ0v) is 13.9. The molecule has 0 bridgehead atoms. The van der Waals surface area contributed by atoms with Gasteiger partial charge in [0, 0.05) is 12.1 Å². The van der Waals surface area contributed by atoms with Crippen LogP contribution in [-0.2, 0) is 4.79 Å². The monoisotopic (exact) mass is 385 g/mol. The van der Waals surface area contributed by atoms with Gasteiger partial charge in [-0.3, -0.25) is 4.79 Å². The highest BCUT2D eigenvalue weighted by Crippen LogP contribution is 2.39. The Morgan fingerprint density at radius 1 is 1.35 bits per heavy atom. The molecule has 108 valence electrons. The van der Waals surface area contributed by atoms with Gasteiger partial charge in [0.05, 0.1) is 3.57 Å². The van der Waals surface area contributed by atoms with E-state index in [1.54, 1.807) is 0 Å². The van der Waals surface area contributed by atoms with Crippen molar-refractivity contribution in [1.29, 1.82) is 0 Å². The van der Waals surface area contributed by atoms with Crippen LogP contribution in [0.1, 0.15) is 32.6 Å². The van der Waals surface area contributed by atoms with Crippen molar-refractivity contribution in [3.8, 4) is 5.75 Å². The molecule has 0 aromatic heterocycles. The van der Waals surface area contributed by atoms with Crippen LogP contribution in [0, 0.1) is 9.49 Å². The molecule has 1 aromatic carbocycles. The Morgan fingerprint density at radius 2 is 2.05 bits per heavy atom. The first-order chi connectivity index (χ1) is 9.66. The average Bonchev–Trinajstić information content (AvgIpc) is 3.28. The standard InChI is InChI=1S/C16H20INO2/c1-11(12-6-7-12)18(13-8-9-13)16(19)10-20-15-5-3-2-4-14(15)17/h2-5,11-13H,6-10H2,1H3. The highest BCUT2D eigenvalue weighted by atomic mass is 127. The van der Waals surface area contributed by atoms with Gasteiger partial charge in [-0.25, -0.2) is 0 Å². The molecule has 20 heavy (non-hydrogen) atoms. The number of ether oxygens (including phenoxy) is 1. The maximum atomic E-state index is 12.5. The van der Waals surface area contributed by atoms with E-state index in [-0.39, 0.29) is 12.5 Å². The van der Waals surface area contributed by atoms with E-state index in [2.05, 4.69) is 34.4 Å². The lowest BCUT2D eigenvalue weighted by molar-refractivity contribution is -0.136. The van der Waals surface area contributed by atoms with Crippen molar-refractivity contribution in [3.05, 3.63) is 27.8 Å². The lowest BCUT2D eigenvalue weighted by Gasteiger charge is -2.29. The Labute approximate surface area is 133 Å². The highest BCUT2D eigenvalue weighted by Gasteiger charge is 2.41. The number of amides is 1. The zero-order valence-electron chi connectivity index (χ0n) is 11.7. The normalized spacial score (nSPS) is 19.5. The third kappa shape index (κ3) is 3.27. The molecule has 0 radical (unpaired) electrons. The second-order valence-electron chi connectivity index (χ2n) is 5.83. The lowest BCUT2D eigenvalue weighted by Crippen LogP contribution is -2.44. The Hall–Kier alpha value is -0.780. The topological polar surface area (TPSA) is 29.5 Å². The van der Waals surface area contributed by atoms with Gasteiger partial charge in [-0.15, -0.1) is 0 Å². The number of hydrogen-bond donors (Lipinski definition) is 0. The van der Waals surface area contributed by atoms with Gasteiger partial charge in [-0.05, 0) is 73.2 Å². The number of carbonyl (C=O) groups is 1. The Bertz CT molecular complexity index is 497. The summed E-state index contributed by atoms with van der Waals surface area (Å²) >= 11 is 2.23. The third-order valence-corrected chi connectivity index (χ3v) is 5.05. The summed E-state index contributed by atoms with van der Waals surface area (Å²) in [5, 5.41) is 0. The van der Waals surface area contributed by atoms with Crippen molar-refractivity contribution in [2.24, 2.45) is 5.92 Å². The van der Waals surface area contributed by atoms with E-state index >= 15 is 0 Å². The number of benzene rings is 1. The molecule has 2 fully saturated rings. The smallest absolute Gasteiger partial charge is 0.261 e. The van der Waals surface area contributed by atoms with E-state index < -0.39 is 0 Å². The molecule has 4 heteroatoms.